The lowest BCUT2D eigenvalue weighted by Gasteiger charge is -2.32. The summed E-state index contributed by atoms with van der Waals surface area (Å²) in [6.45, 7) is 1.71. The number of carbonyl (C=O) groups is 1. The van der Waals surface area contributed by atoms with E-state index in [0.29, 0.717) is 5.95 Å². The molecule has 3 aromatic rings. The minimum atomic E-state index is 0.0276. The summed E-state index contributed by atoms with van der Waals surface area (Å²) in [6.07, 6.45) is 6.92. The number of anilines is 2. The highest BCUT2D eigenvalue weighted by molar-refractivity contribution is 5.91. The van der Waals surface area contributed by atoms with Crippen LogP contribution in [-0.4, -0.2) is 33.9 Å². The Bertz CT molecular complexity index is 838. The lowest BCUT2D eigenvalue weighted by Crippen LogP contribution is -2.38. The van der Waals surface area contributed by atoms with E-state index >= 15 is 0 Å². The fourth-order valence-corrected chi connectivity index (χ4v) is 3.18. The molecule has 0 radical (unpaired) electrons. The van der Waals surface area contributed by atoms with Gasteiger partial charge in [0, 0.05) is 36.8 Å². The lowest BCUT2D eigenvalue weighted by molar-refractivity contribution is -0.120. The van der Waals surface area contributed by atoms with Crippen molar-refractivity contribution >= 4 is 28.4 Å². The topological polar surface area (TPSA) is 73.9 Å². The van der Waals surface area contributed by atoms with Crippen LogP contribution in [0.15, 0.2) is 48.9 Å². The Morgan fingerprint density at radius 3 is 2.83 bits per heavy atom. The molecular formula is C18H19N5O. The molecule has 122 valence electrons. The number of hydrogen-bond acceptors (Lipinski definition) is 4. The lowest BCUT2D eigenvalue weighted by atomic mass is 9.95. The van der Waals surface area contributed by atoms with E-state index in [1.165, 1.54) is 0 Å². The molecule has 6 heteroatoms. The van der Waals surface area contributed by atoms with E-state index in [1.807, 2.05) is 24.4 Å². The quantitative estimate of drug-likeness (QED) is 0.778. The van der Waals surface area contributed by atoms with Crippen LogP contribution < -0.4 is 10.2 Å². The molecule has 1 amide bonds. The van der Waals surface area contributed by atoms with Crippen LogP contribution in [0.5, 0.6) is 0 Å². The number of aromatic amines is 1. The fraction of sp³-hybridized carbons (Fsp3) is 0.278. The number of fused-ring (bicyclic) bond motifs is 1. The van der Waals surface area contributed by atoms with Crippen LogP contribution in [0.4, 0.5) is 11.6 Å². The number of rotatable bonds is 3. The van der Waals surface area contributed by atoms with Crippen molar-refractivity contribution in [1.82, 2.24) is 15.0 Å². The molecule has 6 nitrogen and oxygen atoms in total. The number of para-hydroxylation sites is 1. The third kappa shape index (κ3) is 2.95. The van der Waals surface area contributed by atoms with Crippen LogP contribution in [0.25, 0.3) is 10.9 Å². The van der Waals surface area contributed by atoms with E-state index in [0.717, 1.165) is 42.5 Å². The summed E-state index contributed by atoms with van der Waals surface area (Å²) in [7, 11) is 0. The highest BCUT2D eigenvalue weighted by Crippen LogP contribution is 2.25. The van der Waals surface area contributed by atoms with Crippen molar-refractivity contribution in [2.45, 2.75) is 12.8 Å². The van der Waals surface area contributed by atoms with Gasteiger partial charge in [-0.25, -0.2) is 4.98 Å². The van der Waals surface area contributed by atoms with Crippen molar-refractivity contribution < 1.29 is 4.79 Å². The first-order valence-corrected chi connectivity index (χ1v) is 8.19. The molecule has 1 aromatic carbocycles. The molecule has 2 N–H and O–H groups in total. The third-order valence-corrected chi connectivity index (χ3v) is 4.55. The van der Waals surface area contributed by atoms with E-state index in [1.54, 1.807) is 12.4 Å². The molecule has 4 rings (SSSR count). The van der Waals surface area contributed by atoms with Crippen molar-refractivity contribution in [3.63, 3.8) is 0 Å². The van der Waals surface area contributed by atoms with Gasteiger partial charge in [-0.05, 0) is 25.0 Å². The monoisotopic (exact) mass is 321 g/mol. The molecular weight excluding hydrogens is 302 g/mol. The number of hydrogen-bond donors (Lipinski definition) is 2. The Balaban J connectivity index is 1.40. The van der Waals surface area contributed by atoms with Crippen LogP contribution in [0.1, 0.15) is 12.8 Å². The molecule has 2 aromatic heterocycles. The summed E-state index contributed by atoms with van der Waals surface area (Å²) in [5, 5.41) is 3.98. The van der Waals surface area contributed by atoms with Gasteiger partial charge in [0.2, 0.25) is 11.9 Å². The van der Waals surface area contributed by atoms with E-state index in [2.05, 4.69) is 37.3 Å². The third-order valence-electron chi connectivity index (χ3n) is 4.55. The normalized spacial score (nSPS) is 15.6. The van der Waals surface area contributed by atoms with Gasteiger partial charge in [0.1, 0.15) is 0 Å². The number of H-pyrrole nitrogens is 1. The molecule has 0 saturated carbocycles. The standard InChI is InChI=1S/C18H19N5O/c24-17(22-18-19-7-8-20-18)13-5-9-23(10-6-13)15-11-14-3-1-2-4-16(14)21-12-15/h1-4,7-8,11-13H,5-6,9-10H2,(H2,19,20,22,24). The fourth-order valence-electron chi connectivity index (χ4n) is 3.18. The van der Waals surface area contributed by atoms with Gasteiger partial charge in [-0.1, -0.05) is 18.2 Å². The van der Waals surface area contributed by atoms with Gasteiger partial charge in [-0.3, -0.25) is 15.1 Å². The minimum Gasteiger partial charge on any atom is -0.370 e. The van der Waals surface area contributed by atoms with Crippen molar-refractivity contribution in [3.05, 3.63) is 48.9 Å². The Labute approximate surface area is 139 Å². The zero-order chi connectivity index (χ0) is 16.4. The Morgan fingerprint density at radius 1 is 1.21 bits per heavy atom. The molecule has 24 heavy (non-hydrogen) atoms. The van der Waals surface area contributed by atoms with Crippen molar-refractivity contribution in [2.75, 3.05) is 23.3 Å². The Hall–Kier alpha value is -2.89. The number of benzene rings is 1. The van der Waals surface area contributed by atoms with Gasteiger partial charge < -0.3 is 9.88 Å². The number of carbonyl (C=O) groups excluding carboxylic acids is 1. The summed E-state index contributed by atoms with van der Waals surface area (Å²) in [4.78, 5) is 26.0. The molecule has 0 spiro atoms. The van der Waals surface area contributed by atoms with Crippen LogP contribution in [0, 0.1) is 5.92 Å². The minimum absolute atomic E-state index is 0.0276. The van der Waals surface area contributed by atoms with Gasteiger partial charge in [-0.15, -0.1) is 0 Å². The maximum absolute atomic E-state index is 12.3. The highest BCUT2D eigenvalue weighted by Gasteiger charge is 2.25. The smallest absolute Gasteiger partial charge is 0.229 e. The van der Waals surface area contributed by atoms with Gasteiger partial charge in [0.05, 0.1) is 17.4 Å². The van der Waals surface area contributed by atoms with Gasteiger partial charge in [0.25, 0.3) is 0 Å². The number of amides is 1. The first kappa shape index (κ1) is 14.7. The highest BCUT2D eigenvalue weighted by atomic mass is 16.2. The summed E-state index contributed by atoms with van der Waals surface area (Å²) in [6, 6.07) is 10.3. The summed E-state index contributed by atoms with van der Waals surface area (Å²) in [5.41, 5.74) is 2.13. The molecule has 0 unspecified atom stereocenters. The summed E-state index contributed by atoms with van der Waals surface area (Å²) in [5.74, 6) is 0.585. The van der Waals surface area contributed by atoms with E-state index in [9.17, 15) is 4.79 Å². The average Bonchev–Trinajstić information content (AvgIpc) is 3.14. The second-order valence-electron chi connectivity index (χ2n) is 6.07. The van der Waals surface area contributed by atoms with E-state index in [4.69, 9.17) is 0 Å². The Kier molecular flexibility index (Phi) is 3.86. The number of nitrogens with zero attached hydrogens (tertiary/aromatic N) is 3. The summed E-state index contributed by atoms with van der Waals surface area (Å²) < 4.78 is 0. The molecule has 0 bridgehead atoms. The second-order valence-corrected chi connectivity index (χ2v) is 6.07. The molecule has 0 aliphatic carbocycles. The zero-order valence-electron chi connectivity index (χ0n) is 13.3. The maximum Gasteiger partial charge on any atom is 0.229 e. The SMILES string of the molecule is O=C(Nc1ncc[nH]1)C1CCN(c2cnc3ccccc3c2)CC1. The molecule has 1 fully saturated rings. The van der Waals surface area contributed by atoms with Crippen LogP contribution in [-0.2, 0) is 4.79 Å². The predicted octanol–water partition coefficient (Wildman–Crippen LogP) is 2.81. The second kappa shape index (κ2) is 6.31. The van der Waals surface area contributed by atoms with Crippen molar-refractivity contribution in [1.29, 1.82) is 0 Å². The number of imidazole rings is 1. The van der Waals surface area contributed by atoms with E-state index < -0.39 is 0 Å². The van der Waals surface area contributed by atoms with Gasteiger partial charge >= 0.3 is 0 Å². The largest absolute Gasteiger partial charge is 0.370 e. The van der Waals surface area contributed by atoms with Crippen LogP contribution >= 0.6 is 0 Å². The maximum atomic E-state index is 12.3. The first-order chi connectivity index (χ1) is 11.8. The summed E-state index contributed by atoms with van der Waals surface area (Å²) >= 11 is 0. The number of aromatic nitrogens is 3. The molecule has 1 aliphatic rings. The van der Waals surface area contributed by atoms with Crippen LogP contribution in [0.2, 0.25) is 0 Å². The van der Waals surface area contributed by atoms with Crippen LogP contribution in [0.3, 0.4) is 0 Å². The predicted molar refractivity (Wildman–Crippen MR) is 93.9 cm³/mol. The molecule has 1 saturated heterocycles. The molecule has 3 heterocycles. The van der Waals surface area contributed by atoms with Crippen molar-refractivity contribution in [3.8, 4) is 0 Å². The Morgan fingerprint density at radius 2 is 2.04 bits per heavy atom. The number of piperidine rings is 1. The van der Waals surface area contributed by atoms with Gasteiger partial charge in [0.15, 0.2) is 0 Å². The average molecular weight is 321 g/mol. The first-order valence-electron chi connectivity index (χ1n) is 8.19. The van der Waals surface area contributed by atoms with Gasteiger partial charge in [-0.2, -0.15) is 0 Å². The number of pyridine rings is 1. The zero-order valence-corrected chi connectivity index (χ0v) is 13.3. The van der Waals surface area contributed by atoms with E-state index in [-0.39, 0.29) is 11.8 Å². The molecule has 1 aliphatic heterocycles. The van der Waals surface area contributed by atoms with Crippen molar-refractivity contribution in [2.24, 2.45) is 5.92 Å². The molecule has 0 atom stereocenters. The number of nitrogens with one attached hydrogen (secondary N) is 2.